The van der Waals surface area contributed by atoms with Gasteiger partial charge in [0.1, 0.15) is 5.60 Å². The minimum absolute atomic E-state index is 0.210. The summed E-state index contributed by atoms with van der Waals surface area (Å²) in [4.78, 5) is 11.3. The first-order chi connectivity index (χ1) is 8.39. The van der Waals surface area contributed by atoms with Crippen molar-refractivity contribution < 1.29 is 14.6 Å². The van der Waals surface area contributed by atoms with Crippen LogP contribution in [0, 0.1) is 0 Å². The van der Waals surface area contributed by atoms with Crippen LogP contribution < -0.4 is 10.6 Å². The number of amides is 1. The van der Waals surface area contributed by atoms with Crippen LogP contribution in [0.5, 0.6) is 0 Å². The fourth-order valence-electron chi connectivity index (χ4n) is 1.51. The van der Waals surface area contributed by atoms with E-state index in [0.29, 0.717) is 12.6 Å². The maximum absolute atomic E-state index is 11.3. The molecule has 5 nitrogen and oxygen atoms in total. The van der Waals surface area contributed by atoms with Gasteiger partial charge in [0.15, 0.2) is 0 Å². The maximum atomic E-state index is 11.3. The molecule has 1 unspecified atom stereocenters. The second-order valence-electron chi connectivity index (χ2n) is 5.35. The van der Waals surface area contributed by atoms with E-state index in [-0.39, 0.29) is 12.7 Å². The van der Waals surface area contributed by atoms with E-state index in [1.807, 2.05) is 20.8 Å². The molecule has 0 saturated carbocycles. The van der Waals surface area contributed by atoms with Gasteiger partial charge in [-0.05, 0) is 46.6 Å². The number of ether oxygens (including phenoxy) is 1. The molecule has 0 aromatic rings. The second-order valence-corrected chi connectivity index (χ2v) is 5.35. The summed E-state index contributed by atoms with van der Waals surface area (Å²) in [6.07, 6.45) is 2.25. The normalized spacial score (nSPS) is 13.2. The number of carbonyl (C=O) groups is 1. The molecule has 1 atom stereocenters. The molecule has 5 heteroatoms. The number of carbonyl (C=O) groups excluding carboxylic acids is 1. The molecule has 0 aliphatic rings. The van der Waals surface area contributed by atoms with Crippen LogP contribution in [0.25, 0.3) is 0 Å². The lowest BCUT2D eigenvalue weighted by atomic mass is 10.1. The molecule has 0 fully saturated rings. The fraction of sp³-hybridized carbons (Fsp3) is 0.923. The number of nitrogens with one attached hydrogen (secondary N) is 2. The van der Waals surface area contributed by atoms with E-state index in [4.69, 9.17) is 9.84 Å². The van der Waals surface area contributed by atoms with Crippen molar-refractivity contribution in [1.29, 1.82) is 0 Å². The highest BCUT2D eigenvalue weighted by molar-refractivity contribution is 5.67. The van der Waals surface area contributed by atoms with Crippen molar-refractivity contribution in [2.45, 2.75) is 58.6 Å². The topological polar surface area (TPSA) is 70.6 Å². The smallest absolute Gasteiger partial charge is 0.407 e. The Morgan fingerprint density at radius 2 is 2.00 bits per heavy atom. The molecule has 0 aliphatic carbocycles. The van der Waals surface area contributed by atoms with Crippen LogP contribution in [-0.4, -0.2) is 42.5 Å². The van der Waals surface area contributed by atoms with Crippen LogP contribution in [-0.2, 0) is 4.74 Å². The van der Waals surface area contributed by atoms with Gasteiger partial charge in [-0.3, -0.25) is 0 Å². The van der Waals surface area contributed by atoms with Gasteiger partial charge in [-0.15, -0.1) is 0 Å². The molecule has 0 bridgehead atoms. The summed E-state index contributed by atoms with van der Waals surface area (Å²) in [6.45, 7) is 9.25. The molecule has 0 spiro atoms. The molecule has 1 amide bonds. The lowest BCUT2D eigenvalue weighted by Crippen LogP contribution is -2.35. The van der Waals surface area contributed by atoms with Gasteiger partial charge in [0.2, 0.25) is 0 Å². The molecule has 18 heavy (non-hydrogen) atoms. The van der Waals surface area contributed by atoms with Crippen LogP contribution in [0.4, 0.5) is 4.79 Å². The summed E-state index contributed by atoms with van der Waals surface area (Å²) < 4.78 is 5.12. The van der Waals surface area contributed by atoms with Crippen LogP contribution in [0.2, 0.25) is 0 Å². The minimum Gasteiger partial charge on any atom is -0.444 e. The van der Waals surface area contributed by atoms with E-state index in [9.17, 15) is 4.79 Å². The third-order valence-corrected chi connectivity index (χ3v) is 2.43. The van der Waals surface area contributed by atoms with Gasteiger partial charge in [-0.1, -0.05) is 6.92 Å². The Bertz CT molecular complexity index is 227. The zero-order chi connectivity index (χ0) is 14.0. The minimum atomic E-state index is -0.448. The quantitative estimate of drug-likeness (QED) is 0.580. The SMILES string of the molecule is CCC(CCO)NCCCNC(=O)OC(C)(C)C. The van der Waals surface area contributed by atoms with Crippen molar-refractivity contribution in [3.63, 3.8) is 0 Å². The Hall–Kier alpha value is -0.810. The van der Waals surface area contributed by atoms with E-state index in [2.05, 4.69) is 17.6 Å². The molecular formula is C13H28N2O3. The largest absolute Gasteiger partial charge is 0.444 e. The first-order valence-electron chi connectivity index (χ1n) is 6.70. The first kappa shape index (κ1) is 17.2. The van der Waals surface area contributed by atoms with Gasteiger partial charge >= 0.3 is 6.09 Å². The highest BCUT2D eigenvalue weighted by atomic mass is 16.6. The summed E-state index contributed by atoms with van der Waals surface area (Å²) in [5.74, 6) is 0. The fourth-order valence-corrected chi connectivity index (χ4v) is 1.51. The van der Waals surface area contributed by atoms with Crippen LogP contribution >= 0.6 is 0 Å². The predicted octanol–water partition coefficient (Wildman–Crippen LogP) is 1.65. The highest BCUT2D eigenvalue weighted by Gasteiger charge is 2.15. The average Bonchev–Trinajstić information content (AvgIpc) is 2.24. The Kier molecular flexibility index (Phi) is 8.75. The maximum Gasteiger partial charge on any atom is 0.407 e. The number of aliphatic hydroxyl groups excluding tert-OH is 1. The third-order valence-electron chi connectivity index (χ3n) is 2.43. The number of rotatable bonds is 8. The molecule has 0 radical (unpaired) electrons. The van der Waals surface area contributed by atoms with Gasteiger partial charge in [0, 0.05) is 19.2 Å². The number of hydrogen-bond donors (Lipinski definition) is 3. The molecule has 0 aliphatic heterocycles. The lowest BCUT2D eigenvalue weighted by molar-refractivity contribution is 0.0527. The zero-order valence-corrected chi connectivity index (χ0v) is 12.1. The summed E-state index contributed by atoms with van der Waals surface area (Å²) >= 11 is 0. The van der Waals surface area contributed by atoms with E-state index in [1.165, 1.54) is 0 Å². The summed E-state index contributed by atoms with van der Waals surface area (Å²) in [5, 5.41) is 14.9. The van der Waals surface area contributed by atoms with Gasteiger partial charge in [0.25, 0.3) is 0 Å². The predicted molar refractivity (Wildman–Crippen MR) is 72.6 cm³/mol. The van der Waals surface area contributed by atoms with Crippen molar-refractivity contribution in [1.82, 2.24) is 10.6 Å². The van der Waals surface area contributed by atoms with E-state index in [1.54, 1.807) is 0 Å². The van der Waals surface area contributed by atoms with Crippen molar-refractivity contribution in [2.75, 3.05) is 19.7 Å². The molecular weight excluding hydrogens is 232 g/mol. The highest BCUT2D eigenvalue weighted by Crippen LogP contribution is 2.06. The first-order valence-corrected chi connectivity index (χ1v) is 6.70. The van der Waals surface area contributed by atoms with Crippen molar-refractivity contribution in [3.05, 3.63) is 0 Å². The number of alkyl carbamates (subject to hydrolysis) is 1. The number of aliphatic hydroxyl groups is 1. The standard InChI is InChI=1S/C13H28N2O3/c1-5-11(7-10-16)14-8-6-9-15-12(17)18-13(2,3)4/h11,14,16H,5-10H2,1-4H3,(H,15,17). The van der Waals surface area contributed by atoms with Crippen molar-refractivity contribution in [3.8, 4) is 0 Å². The average molecular weight is 260 g/mol. The van der Waals surface area contributed by atoms with Crippen LogP contribution in [0.1, 0.15) is 47.0 Å². The Morgan fingerprint density at radius 1 is 1.33 bits per heavy atom. The van der Waals surface area contributed by atoms with Gasteiger partial charge in [0.05, 0.1) is 0 Å². The molecule has 0 heterocycles. The summed E-state index contributed by atoms with van der Waals surface area (Å²) in [6, 6.07) is 0.358. The van der Waals surface area contributed by atoms with Crippen LogP contribution in [0.3, 0.4) is 0 Å². The second kappa shape index (κ2) is 9.16. The molecule has 108 valence electrons. The molecule has 3 N–H and O–H groups in total. The van der Waals surface area contributed by atoms with Gasteiger partial charge in [-0.2, -0.15) is 0 Å². The van der Waals surface area contributed by atoms with Crippen molar-refractivity contribution in [2.24, 2.45) is 0 Å². The Morgan fingerprint density at radius 3 is 2.50 bits per heavy atom. The van der Waals surface area contributed by atoms with E-state index < -0.39 is 5.60 Å². The third kappa shape index (κ3) is 10.4. The summed E-state index contributed by atoms with van der Waals surface area (Å²) in [7, 11) is 0. The molecule has 0 saturated heterocycles. The van der Waals surface area contributed by atoms with Crippen LogP contribution in [0.15, 0.2) is 0 Å². The molecule has 0 aromatic heterocycles. The van der Waals surface area contributed by atoms with Gasteiger partial charge < -0.3 is 20.5 Å². The van der Waals surface area contributed by atoms with E-state index >= 15 is 0 Å². The lowest BCUT2D eigenvalue weighted by Gasteiger charge is -2.20. The zero-order valence-electron chi connectivity index (χ0n) is 12.1. The monoisotopic (exact) mass is 260 g/mol. The van der Waals surface area contributed by atoms with E-state index in [0.717, 1.165) is 25.8 Å². The van der Waals surface area contributed by atoms with Crippen molar-refractivity contribution >= 4 is 6.09 Å². The Labute approximate surface area is 110 Å². The summed E-state index contributed by atoms with van der Waals surface area (Å²) in [5.41, 5.74) is -0.448. The molecule has 0 rings (SSSR count). The number of hydrogen-bond acceptors (Lipinski definition) is 4. The molecule has 0 aromatic carbocycles. The van der Waals surface area contributed by atoms with Gasteiger partial charge in [-0.25, -0.2) is 4.79 Å². The Balaban J connectivity index is 3.53.